The van der Waals surface area contributed by atoms with Gasteiger partial charge in [0.2, 0.25) is 5.89 Å². The Labute approximate surface area is 108 Å². The molecule has 2 atom stereocenters. The van der Waals surface area contributed by atoms with Crippen molar-refractivity contribution in [2.24, 2.45) is 0 Å². The average Bonchev–Trinajstić information content (AvgIpc) is 2.68. The number of nitrogens with one attached hydrogen (secondary N) is 2. The number of nitrogens with zero attached hydrogens (tertiary/aromatic N) is 1. The maximum absolute atomic E-state index is 5.54. The highest BCUT2D eigenvalue weighted by Gasteiger charge is 2.16. The minimum Gasteiger partial charge on any atom is -0.444 e. The molecule has 0 aromatic carbocycles. The zero-order chi connectivity index (χ0) is 13.0. The number of rotatable bonds is 5. The van der Waals surface area contributed by atoms with E-state index in [1.165, 1.54) is 0 Å². The monoisotopic (exact) mass is 253 g/mol. The van der Waals surface area contributed by atoms with E-state index >= 15 is 0 Å². The first-order valence-corrected chi connectivity index (χ1v) is 6.62. The summed E-state index contributed by atoms with van der Waals surface area (Å²) in [5.74, 6) is 1.67. The van der Waals surface area contributed by atoms with Gasteiger partial charge in [0.25, 0.3) is 0 Å². The van der Waals surface area contributed by atoms with Crippen LogP contribution in [0.25, 0.3) is 0 Å². The molecule has 0 amide bonds. The Morgan fingerprint density at radius 3 is 2.94 bits per heavy atom. The first-order chi connectivity index (χ1) is 8.65. The zero-order valence-electron chi connectivity index (χ0n) is 11.5. The summed E-state index contributed by atoms with van der Waals surface area (Å²) in [4.78, 5) is 4.36. The number of oxazole rings is 1. The van der Waals surface area contributed by atoms with Crippen LogP contribution in [0.1, 0.15) is 30.7 Å². The summed E-state index contributed by atoms with van der Waals surface area (Å²) in [6.07, 6.45) is 1.05. The van der Waals surface area contributed by atoms with Crippen molar-refractivity contribution >= 4 is 0 Å². The van der Waals surface area contributed by atoms with Crippen LogP contribution in [0.4, 0.5) is 0 Å². The molecule has 102 valence electrons. The van der Waals surface area contributed by atoms with Gasteiger partial charge in [0.1, 0.15) is 5.76 Å². The van der Waals surface area contributed by atoms with Crippen molar-refractivity contribution in [3.8, 4) is 0 Å². The molecule has 0 bridgehead atoms. The van der Waals surface area contributed by atoms with Crippen LogP contribution >= 0.6 is 0 Å². The van der Waals surface area contributed by atoms with Crippen LogP contribution < -0.4 is 10.6 Å². The normalized spacial score (nSPS) is 22.1. The second kappa shape index (κ2) is 6.31. The van der Waals surface area contributed by atoms with Crippen molar-refractivity contribution in [3.05, 3.63) is 17.3 Å². The Hall–Kier alpha value is -0.910. The van der Waals surface area contributed by atoms with Gasteiger partial charge in [0.05, 0.1) is 25.5 Å². The number of hydrogen-bond donors (Lipinski definition) is 2. The fraction of sp³-hybridized carbons (Fsp3) is 0.769. The first-order valence-electron chi connectivity index (χ1n) is 6.62. The molecule has 1 aliphatic rings. The van der Waals surface area contributed by atoms with E-state index in [9.17, 15) is 0 Å². The SMILES string of the molecule is Cc1nc(CNC(C)CC2COCCN2)oc1C. The number of ether oxygens (including phenoxy) is 1. The lowest BCUT2D eigenvalue weighted by Gasteiger charge is -2.26. The number of aromatic nitrogens is 1. The lowest BCUT2D eigenvalue weighted by Crippen LogP contribution is -2.44. The van der Waals surface area contributed by atoms with Gasteiger partial charge < -0.3 is 19.8 Å². The Kier molecular flexibility index (Phi) is 4.74. The van der Waals surface area contributed by atoms with E-state index in [0.29, 0.717) is 18.6 Å². The predicted octanol–water partition coefficient (Wildman–Crippen LogP) is 1.15. The number of aryl methyl sites for hydroxylation is 2. The van der Waals surface area contributed by atoms with Gasteiger partial charge in [0, 0.05) is 18.6 Å². The van der Waals surface area contributed by atoms with Gasteiger partial charge in [-0.15, -0.1) is 0 Å². The molecular formula is C13H23N3O2. The van der Waals surface area contributed by atoms with Crippen LogP contribution in [0, 0.1) is 13.8 Å². The summed E-state index contributed by atoms with van der Waals surface area (Å²) in [6, 6.07) is 0.867. The van der Waals surface area contributed by atoms with E-state index in [2.05, 4.69) is 22.5 Å². The summed E-state index contributed by atoms with van der Waals surface area (Å²) in [5.41, 5.74) is 0.974. The molecule has 0 radical (unpaired) electrons. The molecule has 1 aromatic rings. The second-order valence-electron chi connectivity index (χ2n) is 4.99. The van der Waals surface area contributed by atoms with Crippen molar-refractivity contribution in [1.82, 2.24) is 15.6 Å². The molecule has 1 aromatic heterocycles. The van der Waals surface area contributed by atoms with Crippen molar-refractivity contribution in [3.63, 3.8) is 0 Å². The van der Waals surface area contributed by atoms with Crippen molar-refractivity contribution < 1.29 is 9.15 Å². The fourth-order valence-corrected chi connectivity index (χ4v) is 2.16. The lowest BCUT2D eigenvalue weighted by molar-refractivity contribution is 0.0711. The predicted molar refractivity (Wildman–Crippen MR) is 69.5 cm³/mol. The van der Waals surface area contributed by atoms with Gasteiger partial charge in [-0.25, -0.2) is 4.98 Å². The molecule has 2 unspecified atom stereocenters. The molecule has 2 N–H and O–H groups in total. The van der Waals surface area contributed by atoms with Crippen LogP contribution in [0.2, 0.25) is 0 Å². The molecule has 0 saturated carbocycles. The van der Waals surface area contributed by atoms with E-state index in [1.807, 2.05) is 13.8 Å². The summed E-state index contributed by atoms with van der Waals surface area (Å²) in [5, 5.41) is 6.89. The molecular weight excluding hydrogens is 230 g/mol. The van der Waals surface area contributed by atoms with E-state index in [1.54, 1.807) is 0 Å². The third kappa shape index (κ3) is 3.80. The van der Waals surface area contributed by atoms with Gasteiger partial charge in [-0.05, 0) is 27.2 Å². The Morgan fingerprint density at radius 2 is 2.33 bits per heavy atom. The van der Waals surface area contributed by atoms with E-state index in [0.717, 1.165) is 43.5 Å². The van der Waals surface area contributed by atoms with Gasteiger partial charge >= 0.3 is 0 Å². The van der Waals surface area contributed by atoms with Gasteiger partial charge in [-0.3, -0.25) is 0 Å². The molecule has 18 heavy (non-hydrogen) atoms. The number of hydrogen-bond acceptors (Lipinski definition) is 5. The van der Waals surface area contributed by atoms with Gasteiger partial charge in [0.15, 0.2) is 0 Å². The Morgan fingerprint density at radius 1 is 1.50 bits per heavy atom. The molecule has 0 spiro atoms. The first kappa shape index (κ1) is 13.5. The minimum atomic E-state index is 0.414. The zero-order valence-corrected chi connectivity index (χ0v) is 11.5. The summed E-state index contributed by atoms with van der Waals surface area (Å²) in [7, 11) is 0. The van der Waals surface area contributed by atoms with Gasteiger partial charge in [-0.2, -0.15) is 0 Å². The molecule has 1 fully saturated rings. The summed E-state index contributed by atoms with van der Waals surface area (Å²) < 4.78 is 11.0. The smallest absolute Gasteiger partial charge is 0.208 e. The van der Waals surface area contributed by atoms with Crippen molar-refractivity contribution in [2.75, 3.05) is 19.8 Å². The van der Waals surface area contributed by atoms with E-state index in [4.69, 9.17) is 9.15 Å². The highest BCUT2D eigenvalue weighted by Crippen LogP contribution is 2.09. The van der Waals surface area contributed by atoms with Crippen LogP contribution in [0.5, 0.6) is 0 Å². The maximum Gasteiger partial charge on any atom is 0.208 e. The topological polar surface area (TPSA) is 59.3 Å². The fourth-order valence-electron chi connectivity index (χ4n) is 2.16. The highest BCUT2D eigenvalue weighted by atomic mass is 16.5. The number of morpholine rings is 1. The van der Waals surface area contributed by atoms with Crippen LogP contribution in [0.3, 0.4) is 0 Å². The highest BCUT2D eigenvalue weighted by molar-refractivity contribution is 5.05. The summed E-state index contributed by atoms with van der Waals surface area (Å²) in [6.45, 7) is 9.36. The second-order valence-corrected chi connectivity index (χ2v) is 4.99. The van der Waals surface area contributed by atoms with Crippen LogP contribution in [-0.4, -0.2) is 36.8 Å². The lowest BCUT2D eigenvalue weighted by atomic mass is 10.1. The van der Waals surface area contributed by atoms with Crippen molar-refractivity contribution in [2.45, 2.75) is 45.8 Å². The molecule has 1 aliphatic heterocycles. The average molecular weight is 253 g/mol. The molecule has 2 rings (SSSR count). The van der Waals surface area contributed by atoms with E-state index < -0.39 is 0 Å². The third-order valence-corrected chi connectivity index (χ3v) is 3.31. The molecule has 5 nitrogen and oxygen atoms in total. The molecule has 5 heteroatoms. The Bertz CT molecular complexity index is 353. The minimum absolute atomic E-state index is 0.414. The quantitative estimate of drug-likeness (QED) is 0.824. The van der Waals surface area contributed by atoms with Crippen molar-refractivity contribution in [1.29, 1.82) is 0 Å². The van der Waals surface area contributed by atoms with Crippen LogP contribution in [0.15, 0.2) is 4.42 Å². The largest absolute Gasteiger partial charge is 0.444 e. The van der Waals surface area contributed by atoms with Crippen LogP contribution in [-0.2, 0) is 11.3 Å². The van der Waals surface area contributed by atoms with E-state index in [-0.39, 0.29) is 0 Å². The summed E-state index contributed by atoms with van der Waals surface area (Å²) >= 11 is 0. The molecule has 0 aliphatic carbocycles. The third-order valence-electron chi connectivity index (χ3n) is 3.31. The maximum atomic E-state index is 5.54. The van der Waals surface area contributed by atoms with Gasteiger partial charge in [-0.1, -0.05) is 0 Å². The molecule has 1 saturated heterocycles. The standard InChI is InChI=1S/C13H23N3O2/c1-9(6-12-8-17-5-4-14-12)15-7-13-16-10(2)11(3)18-13/h9,12,14-15H,4-8H2,1-3H3. The Balaban J connectivity index is 1.72. The molecule has 2 heterocycles.